The summed E-state index contributed by atoms with van der Waals surface area (Å²) in [6, 6.07) is 23.3. The van der Waals surface area contributed by atoms with Crippen LogP contribution in [0, 0.1) is 0 Å². The SMILES string of the molecule is COc1ccc(CNC(=O)[C@@H]2c3ccccc3C(=O)N(c3ccc4c(c3)OCO4)[C@H]2c2cccnc2)cc1. The minimum Gasteiger partial charge on any atom is -0.497 e. The van der Waals surface area contributed by atoms with Crippen molar-refractivity contribution in [2.24, 2.45) is 0 Å². The molecule has 190 valence electrons. The van der Waals surface area contributed by atoms with Crippen LogP contribution in [0.4, 0.5) is 5.69 Å². The fourth-order valence-electron chi connectivity index (χ4n) is 5.07. The van der Waals surface area contributed by atoms with E-state index >= 15 is 0 Å². The highest BCUT2D eigenvalue weighted by Gasteiger charge is 2.45. The summed E-state index contributed by atoms with van der Waals surface area (Å²) in [4.78, 5) is 33.9. The van der Waals surface area contributed by atoms with Crippen LogP contribution in [-0.4, -0.2) is 30.7 Å². The van der Waals surface area contributed by atoms with Crippen molar-refractivity contribution in [2.45, 2.75) is 18.5 Å². The number of methoxy groups -OCH3 is 1. The number of benzene rings is 3. The van der Waals surface area contributed by atoms with Crippen molar-refractivity contribution < 1.29 is 23.8 Å². The van der Waals surface area contributed by atoms with Crippen molar-refractivity contribution in [3.8, 4) is 17.2 Å². The van der Waals surface area contributed by atoms with Crippen molar-refractivity contribution in [3.05, 3.63) is 114 Å². The van der Waals surface area contributed by atoms with Crippen molar-refractivity contribution in [3.63, 3.8) is 0 Å². The Hall–Kier alpha value is -4.85. The number of nitrogens with zero attached hydrogens (tertiary/aromatic N) is 2. The molecular weight excluding hydrogens is 482 g/mol. The van der Waals surface area contributed by atoms with Crippen LogP contribution in [-0.2, 0) is 11.3 Å². The lowest BCUT2D eigenvalue weighted by molar-refractivity contribution is -0.123. The Bertz CT molecular complexity index is 1490. The second-order valence-electron chi connectivity index (χ2n) is 9.07. The molecule has 8 nitrogen and oxygen atoms in total. The molecule has 0 saturated heterocycles. The van der Waals surface area contributed by atoms with Gasteiger partial charge in [0.15, 0.2) is 11.5 Å². The number of aromatic nitrogens is 1. The molecular formula is C30H25N3O5. The first-order chi connectivity index (χ1) is 18.6. The maximum Gasteiger partial charge on any atom is 0.259 e. The van der Waals surface area contributed by atoms with E-state index in [2.05, 4.69) is 10.3 Å². The number of pyridine rings is 1. The monoisotopic (exact) mass is 507 g/mol. The third-order valence-corrected chi connectivity index (χ3v) is 6.91. The molecule has 3 heterocycles. The van der Waals surface area contributed by atoms with E-state index in [1.807, 2.05) is 60.7 Å². The summed E-state index contributed by atoms with van der Waals surface area (Å²) >= 11 is 0. The van der Waals surface area contributed by atoms with Gasteiger partial charge in [-0.3, -0.25) is 19.5 Å². The van der Waals surface area contributed by atoms with Crippen molar-refractivity contribution >= 4 is 17.5 Å². The zero-order valence-electron chi connectivity index (χ0n) is 20.7. The lowest BCUT2D eigenvalue weighted by Crippen LogP contribution is -2.47. The summed E-state index contributed by atoms with van der Waals surface area (Å²) in [6.45, 7) is 0.456. The van der Waals surface area contributed by atoms with Crippen molar-refractivity contribution in [1.82, 2.24) is 10.3 Å². The molecule has 2 aliphatic heterocycles. The van der Waals surface area contributed by atoms with E-state index in [9.17, 15) is 9.59 Å². The van der Waals surface area contributed by atoms with E-state index < -0.39 is 12.0 Å². The lowest BCUT2D eigenvalue weighted by Gasteiger charge is -2.41. The Morgan fingerprint density at radius 1 is 1.03 bits per heavy atom. The Kier molecular flexibility index (Phi) is 6.13. The molecule has 1 aromatic heterocycles. The van der Waals surface area contributed by atoms with Crippen LogP contribution in [0.3, 0.4) is 0 Å². The van der Waals surface area contributed by atoms with E-state index in [1.54, 1.807) is 42.6 Å². The molecule has 0 spiro atoms. The number of ether oxygens (including phenoxy) is 3. The number of rotatable bonds is 6. The van der Waals surface area contributed by atoms with Crippen LogP contribution in [0.1, 0.15) is 39.0 Å². The number of amides is 2. The highest BCUT2D eigenvalue weighted by atomic mass is 16.7. The van der Waals surface area contributed by atoms with Crippen LogP contribution in [0.25, 0.3) is 0 Å². The Morgan fingerprint density at radius 2 is 1.84 bits per heavy atom. The molecule has 2 atom stereocenters. The molecule has 38 heavy (non-hydrogen) atoms. The molecule has 0 fully saturated rings. The summed E-state index contributed by atoms with van der Waals surface area (Å²) in [5.41, 5.74) is 3.45. The molecule has 2 aliphatic rings. The van der Waals surface area contributed by atoms with Crippen molar-refractivity contribution in [2.75, 3.05) is 18.8 Å². The van der Waals surface area contributed by atoms with Gasteiger partial charge >= 0.3 is 0 Å². The average Bonchev–Trinajstić information content (AvgIpc) is 3.44. The van der Waals surface area contributed by atoms with Gasteiger partial charge in [0.25, 0.3) is 5.91 Å². The van der Waals surface area contributed by atoms with E-state index in [-0.39, 0.29) is 18.6 Å². The summed E-state index contributed by atoms with van der Waals surface area (Å²) in [7, 11) is 1.61. The van der Waals surface area contributed by atoms with Gasteiger partial charge in [-0.15, -0.1) is 0 Å². The molecule has 3 aromatic carbocycles. The molecule has 2 amide bonds. The number of hydrogen-bond acceptors (Lipinski definition) is 6. The minimum atomic E-state index is -0.684. The van der Waals surface area contributed by atoms with Crippen molar-refractivity contribution in [1.29, 1.82) is 0 Å². The lowest BCUT2D eigenvalue weighted by atomic mass is 9.79. The molecule has 8 heteroatoms. The van der Waals surface area contributed by atoms with Gasteiger partial charge in [-0.05, 0) is 53.1 Å². The van der Waals surface area contributed by atoms with Gasteiger partial charge in [-0.2, -0.15) is 0 Å². The van der Waals surface area contributed by atoms with E-state index in [1.165, 1.54) is 0 Å². The number of anilines is 1. The zero-order valence-corrected chi connectivity index (χ0v) is 20.7. The minimum absolute atomic E-state index is 0.123. The van der Waals surface area contributed by atoms with E-state index in [0.29, 0.717) is 34.9 Å². The van der Waals surface area contributed by atoms with E-state index in [4.69, 9.17) is 14.2 Å². The van der Waals surface area contributed by atoms with Gasteiger partial charge in [0.1, 0.15) is 5.75 Å². The summed E-state index contributed by atoms with van der Waals surface area (Å²) < 4.78 is 16.3. The van der Waals surface area contributed by atoms with Gasteiger partial charge in [0, 0.05) is 36.3 Å². The maximum atomic E-state index is 14.0. The normalized spacial score (nSPS) is 17.6. The fourth-order valence-corrected chi connectivity index (χ4v) is 5.07. The highest BCUT2D eigenvalue weighted by molar-refractivity contribution is 6.11. The first-order valence-electron chi connectivity index (χ1n) is 12.3. The number of nitrogens with one attached hydrogen (secondary N) is 1. The summed E-state index contributed by atoms with van der Waals surface area (Å²) in [5, 5.41) is 3.09. The number of carbonyl (C=O) groups excluding carboxylic acids is 2. The summed E-state index contributed by atoms with van der Waals surface area (Å²) in [6.07, 6.45) is 3.38. The predicted octanol–water partition coefficient (Wildman–Crippen LogP) is 4.62. The molecule has 1 N–H and O–H groups in total. The van der Waals surface area contributed by atoms with Crippen LogP contribution < -0.4 is 24.4 Å². The van der Waals surface area contributed by atoms with Crippen LogP contribution >= 0.6 is 0 Å². The first-order valence-corrected chi connectivity index (χ1v) is 12.3. The molecule has 0 aliphatic carbocycles. The molecule has 0 unspecified atom stereocenters. The highest BCUT2D eigenvalue weighted by Crippen LogP contribution is 2.46. The van der Waals surface area contributed by atoms with Crippen LogP contribution in [0.2, 0.25) is 0 Å². The summed E-state index contributed by atoms with van der Waals surface area (Å²) in [5.74, 6) is 0.838. The quantitative estimate of drug-likeness (QED) is 0.410. The smallest absolute Gasteiger partial charge is 0.259 e. The Morgan fingerprint density at radius 3 is 2.63 bits per heavy atom. The second-order valence-corrected chi connectivity index (χ2v) is 9.07. The number of hydrogen-bond donors (Lipinski definition) is 1. The van der Waals surface area contributed by atoms with E-state index in [0.717, 1.165) is 16.9 Å². The zero-order chi connectivity index (χ0) is 26.1. The number of fused-ring (bicyclic) bond motifs is 2. The third-order valence-electron chi connectivity index (χ3n) is 6.91. The maximum absolute atomic E-state index is 14.0. The largest absolute Gasteiger partial charge is 0.497 e. The van der Waals surface area contributed by atoms with Crippen LogP contribution in [0.5, 0.6) is 17.2 Å². The predicted molar refractivity (Wildman–Crippen MR) is 140 cm³/mol. The molecule has 4 aromatic rings. The third kappa shape index (κ3) is 4.20. The van der Waals surface area contributed by atoms with Gasteiger partial charge < -0.3 is 19.5 Å². The molecule has 0 radical (unpaired) electrons. The molecule has 0 saturated carbocycles. The molecule has 0 bridgehead atoms. The fraction of sp³-hybridized carbons (Fsp3) is 0.167. The second kappa shape index (κ2) is 9.89. The Labute approximate surface area is 219 Å². The first kappa shape index (κ1) is 23.5. The van der Waals surface area contributed by atoms with Gasteiger partial charge in [0.05, 0.1) is 19.1 Å². The van der Waals surface area contributed by atoms with Crippen LogP contribution in [0.15, 0.2) is 91.3 Å². The van der Waals surface area contributed by atoms with Gasteiger partial charge in [0.2, 0.25) is 12.7 Å². The Balaban J connectivity index is 1.43. The average molecular weight is 508 g/mol. The number of carbonyl (C=O) groups is 2. The molecule has 6 rings (SSSR count). The standard InChI is InChI=1S/C30H25N3O5/c1-36-22-11-8-19(9-12-22)16-32-29(34)27-23-6-2-3-7-24(23)30(35)33(28(27)20-5-4-14-31-17-20)21-10-13-25-26(15-21)38-18-37-25/h2-15,17,27-28H,16,18H2,1H3,(H,32,34)/t27-,28+/m1/s1. The topological polar surface area (TPSA) is 90.0 Å². The van der Waals surface area contributed by atoms with Gasteiger partial charge in [-0.25, -0.2) is 0 Å². The van der Waals surface area contributed by atoms with Gasteiger partial charge in [-0.1, -0.05) is 36.4 Å².